The summed E-state index contributed by atoms with van der Waals surface area (Å²) in [5.41, 5.74) is 2.66. The van der Waals surface area contributed by atoms with Crippen LogP contribution in [0.5, 0.6) is 5.75 Å². The van der Waals surface area contributed by atoms with Gasteiger partial charge in [0, 0.05) is 23.1 Å². The molecule has 0 saturated carbocycles. The van der Waals surface area contributed by atoms with E-state index < -0.39 is 0 Å². The van der Waals surface area contributed by atoms with Crippen molar-refractivity contribution >= 4 is 11.8 Å². The van der Waals surface area contributed by atoms with Gasteiger partial charge < -0.3 is 10.1 Å². The second-order valence-corrected chi connectivity index (χ2v) is 6.54. The fourth-order valence-electron chi connectivity index (χ4n) is 2.56. The van der Waals surface area contributed by atoms with Crippen LogP contribution in [0.15, 0.2) is 53.4 Å². The lowest BCUT2D eigenvalue weighted by atomic mass is 10.1. The summed E-state index contributed by atoms with van der Waals surface area (Å²) < 4.78 is 5.98. The molecule has 0 bridgehead atoms. The van der Waals surface area contributed by atoms with Gasteiger partial charge in [-0.05, 0) is 43.3 Å². The molecule has 2 atom stereocenters. The molecule has 1 heterocycles. The summed E-state index contributed by atoms with van der Waals surface area (Å²) in [7, 11) is 1.99. The van der Waals surface area contributed by atoms with E-state index in [1.807, 2.05) is 24.9 Å². The zero-order valence-corrected chi connectivity index (χ0v) is 13.3. The van der Waals surface area contributed by atoms with Crippen LogP contribution in [0.3, 0.4) is 0 Å². The smallest absolute Gasteiger partial charge is 0.123 e. The third kappa shape index (κ3) is 3.42. The van der Waals surface area contributed by atoms with Crippen molar-refractivity contribution in [1.29, 1.82) is 0 Å². The van der Waals surface area contributed by atoms with E-state index in [1.165, 1.54) is 16.0 Å². The second-order valence-electron chi connectivity index (χ2n) is 5.44. The van der Waals surface area contributed by atoms with Crippen molar-refractivity contribution < 1.29 is 4.74 Å². The van der Waals surface area contributed by atoms with Crippen molar-refractivity contribution in [2.45, 2.75) is 30.4 Å². The average Bonchev–Trinajstić information content (AvgIpc) is 2.95. The third-order valence-electron chi connectivity index (χ3n) is 3.96. The van der Waals surface area contributed by atoms with E-state index in [2.05, 4.69) is 54.7 Å². The summed E-state index contributed by atoms with van der Waals surface area (Å²) in [6.45, 7) is 2.17. The lowest BCUT2D eigenvalue weighted by molar-refractivity contribution is 0.259. The highest BCUT2D eigenvalue weighted by Gasteiger charge is 2.22. The SMILES string of the molecule is CNC(C)c1ccc(SCC2Cc3ccccc3O2)cc1. The number of nitrogens with one attached hydrogen (secondary N) is 1. The minimum Gasteiger partial charge on any atom is -0.489 e. The Morgan fingerprint density at radius 3 is 2.67 bits per heavy atom. The molecule has 2 aromatic carbocycles. The molecule has 2 unspecified atom stereocenters. The van der Waals surface area contributed by atoms with Crippen LogP contribution in [0.2, 0.25) is 0 Å². The van der Waals surface area contributed by atoms with Crippen molar-refractivity contribution in [2.75, 3.05) is 12.8 Å². The molecule has 1 aliphatic rings. The number of hydrogen-bond donors (Lipinski definition) is 1. The molecule has 0 aromatic heterocycles. The van der Waals surface area contributed by atoms with Crippen LogP contribution in [0, 0.1) is 0 Å². The summed E-state index contributed by atoms with van der Waals surface area (Å²) in [6.07, 6.45) is 1.32. The lowest BCUT2D eigenvalue weighted by Crippen LogP contribution is -2.15. The average molecular weight is 299 g/mol. The van der Waals surface area contributed by atoms with Crippen LogP contribution in [-0.4, -0.2) is 18.9 Å². The molecular weight excluding hydrogens is 278 g/mol. The zero-order valence-electron chi connectivity index (χ0n) is 12.5. The number of ether oxygens (including phenoxy) is 1. The summed E-state index contributed by atoms with van der Waals surface area (Å²) in [6, 6.07) is 17.6. The third-order valence-corrected chi connectivity index (χ3v) is 5.11. The van der Waals surface area contributed by atoms with Gasteiger partial charge in [0.1, 0.15) is 11.9 Å². The fraction of sp³-hybridized carbons (Fsp3) is 0.333. The quantitative estimate of drug-likeness (QED) is 0.841. The number of thioether (sulfide) groups is 1. The van der Waals surface area contributed by atoms with Crippen molar-refractivity contribution in [2.24, 2.45) is 0 Å². The Labute approximate surface area is 130 Å². The van der Waals surface area contributed by atoms with Crippen molar-refractivity contribution in [3.63, 3.8) is 0 Å². The first kappa shape index (κ1) is 14.5. The maximum Gasteiger partial charge on any atom is 0.123 e. The summed E-state index contributed by atoms with van der Waals surface area (Å²) >= 11 is 1.87. The van der Waals surface area contributed by atoms with E-state index in [0.29, 0.717) is 12.1 Å². The Morgan fingerprint density at radius 2 is 1.95 bits per heavy atom. The van der Waals surface area contributed by atoms with Gasteiger partial charge in [0.15, 0.2) is 0 Å². The predicted octanol–water partition coefficient (Wildman–Crippen LogP) is 4.06. The van der Waals surface area contributed by atoms with Gasteiger partial charge in [-0.25, -0.2) is 0 Å². The number of para-hydroxylation sites is 1. The Balaban J connectivity index is 1.55. The van der Waals surface area contributed by atoms with Crippen LogP contribution < -0.4 is 10.1 Å². The van der Waals surface area contributed by atoms with Crippen LogP contribution in [-0.2, 0) is 6.42 Å². The van der Waals surface area contributed by atoms with Crippen molar-refractivity contribution in [3.8, 4) is 5.75 Å². The molecule has 3 heteroatoms. The topological polar surface area (TPSA) is 21.3 Å². The Morgan fingerprint density at radius 1 is 1.19 bits per heavy atom. The molecule has 1 aliphatic heterocycles. The Hall–Kier alpha value is -1.45. The normalized spacial score (nSPS) is 18.1. The molecule has 2 aromatic rings. The van der Waals surface area contributed by atoms with Gasteiger partial charge in [-0.15, -0.1) is 11.8 Å². The molecule has 21 heavy (non-hydrogen) atoms. The van der Waals surface area contributed by atoms with Gasteiger partial charge >= 0.3 is 0 Å². The van der Waals surface area contributed by atoms with Gasteiger partial charge in [0.2, 0.25) is 0 Å². The Bertz CT molecular complexity index is 571. The van der Waals surface area contributed by atoms with Crippen LogP contribution in [0.1, 0.15) is 24.1 Å². The lowest BCUT2D eigenvalue weighted by Gasteiger charge is -2.12. The molecule has 2 nitrogen and oxygen atoms in total. The van der Waals surface area contributed by atoms with Crippen molar-refractivity contribution in [1.82, 2.24) is 5.32 Å². The van der Waals surface area contributed by atoms with E-state index in [0.717, 1.165) is 17.9 Å². The first-order chi connectivity index (χ1) is 10.3. The van der Waals surface area contributed by atoms with E-state index in [4.69, 9.17) is 4.74 Å². The van der Waals surface area contributed by atoms with E-state index in [1.54, 1.807) is 0 Å². The maximum atomic E-state index is 5.98. The highest BCUT2D eigenvalue weighted by Crippen LogP contribution is 2.31. The minimum atomic E-state index is 0.295. The largest absolute Gasteiger partial charge is 0.489 e. The molecule has 1 N–H and O–H groups in total. The van der Waals surface area contributed by atoms with Crippen LogP contribution in [0.25, 0.3) is 0 Å². The molecular formula is C18H21NOS. The Kier molecular flexibility index (Phi) is 4.51. The molecule has 3 rings (SSSR count). The first-order valence-electron chi connectivity index (χ1n) is 7.41. The van der Waals surface area contributed by atoms with Crippen LogP contribution in [0.4, 0.5) is 0 Å². The number of benzene rings is 2. The van der Waals surface area contributed by atoms with Gasteiger partial charge in [0.25, 0.3) is 0 Å². The van der Waals surface area contributed by atoms with Gasteiger partial charge in [-0.2, -0.15) is 0 Å². The molecule has 0 aliphatic carbocycles. The van der Waals surface area contributed by atoms with Crippen molar-refractivity contribution in [3.05, 3.63) is 59.7 Å². The fourth-order valence-corrected chi connectivity index (χ4v) is 3.45. The highest BCUT2D eigenvalue weighted by molar-refractivity contribution is 7.99. The molecule has 0 saturated heterocycles. The molecule has 0 spiro atoms. The predicted molar refractivity (Wildman–Crippen MR) is 89.2 cm³/mol. The number of hydrogen-bond acceptors (Lipinski definition) is 3. The monoisotopic (exact) mass is 299 g/mol. The van der Waals surface area contributed by atoms with E-state index in [-0.39, 0.29) is 0 Å². The number of fused-ring (bicyclic) bond motifs is 1. The molecule has 110 valence electrons. The molecule has 0 amide bonds. The van der Waals surface area contributed by atoms with E-state index in [9.17, 15) is 0 Å². The van der Waals surface area contributed by atoms with E-state index >= 15 is 0 Å². The van der Waals surface area contributed by atoms with Gasteiger partial charge in [-0.1, -0.05) is 30.3 Å². The second kappa shape index (κ2) is 6.54. The van der Waals surface area contributed by atoms with Gasteiger partial charge in [0.05, 0.1) is 0 Å². The zero-order chi connectivity index (χ0) is 14.7. The van der Waals surface area contributed by atoms with Gasteiger partial charge in [-0.3, -0.25) is 0 Å². The van der Waals surface area contributed by atoms with Crippen LogP contribution >= 0.6 is 11.8 Å². The molecule has 0 fully saturated rings. The summed E-state index contributed by atoms with van der Waals surface area (Å²) in [5.74, 6) is 2.05. The minimum absolute atomic E-state index is 0.295. The highest BCUT2D eigenvalue weighted by atomic mass is 32.2. The first-order valence-corrected chi connectivity index (χ1v) is 8.39. The maximum absolute atomic E-state index is 5.98. The summed E-state index contributed by atoms with van der Waals surface area (Å²) in [4.78, 5) is 1.31. The number of rotatable bonds is 5. The summed E-state index contributed by atoms with van der Waals surface area (Å²) in [5, 5.41) is 3.26. The molecule has 0 radical (unpaired) electrons. The standard InChI is InChI=1S/C18H21NOS/c1-13(19-2)14-7-9-17(10-8-14)21-12-16-11-15-5-3-4-6-18(15)20-16/h3-10,13,16,19H,11-12H2,1-2H3.